The number of anilines is 1. The zero-order chi connectivity index (χ0) is 13.8. The maximum Gasteiger partial charge on any atom is 0.266 e. The van der Waals surface area contributed by atoms with Gasteiger partial charge in [-0.3, -0.25) is 0 Å². The summed E-state index contributed by atoms with van der Waals surface area (Å²) in [5.41, 5.74) is 7.29. The van der Waals surface area contributed by atoms with Gasteiger partial charge in [-0.05, 0) is 17.1 Å². The molecule has 1 aliphatic rings. The summed E-state index contributed by atoms with van der Waals surface area (Å²) in [4.78, 5) is 6.44. The minimum atomic E-state index is -0.278. The molecule has 1 fully saturated rings. The lowest BCUT2D eigenvalue weighted by Crippen LogP contribution is -2.36. The topological polar surface area (TPSA) is 77.4 Å². The number of rotatable bonds is 4. The molecule has 0 radical (unpaired) electrons. The zero-order valence-electron chi connectivity index (χ0n) is 11.2. The molecule has 2 N–H and O–H groups in total. The monoisotopic (exact) mass is 274 g/mol. The number of benzene rings is 1. The first kappa shape index (κ1) is 13.1. The third kappa shape index (κ3) is 2.97. The second kappa shape index (κ2) is 6.02. The maximum atomic E-state index is 6.13. The Kier molecular flexibility index (Phi) is 3.94. The van der Waals surface area contributed by atoms with Crippen LogP contribution in [0.2, 0.25) is 0 Å². The van der Waals surface area contributed by atoms with Crippen LogP contribution in [0.1, 0.15) is 17.5 Å². The quantitative estimate of drug-likeness (QED) is 0.901. The van der Waals surface area contributed by atoms with E-state index in [1.54, 1.807) is 0 Å². The van der Waals surface area contributed by atoms with Crippen molar-refractivity contribution in [2.45, 2.75) is 12.5 Å². The van der Waals surface area contributed by atoms with Gasteiger partial charge in [-0.25, -0.2) is 0 Å². The van der Waals surface area contributed by atoms with Crippen LogP contribution in [-0.4, -0.2) is 36.4 Å². The Hall–Kier alpha value is -1.92. The fraction of sp³-hybridized carbons (Fsp3) is 0.429. The van der Waals surface area contributed by atoms with E-state index >= 15 is 0 Å². The van der Waals surface area contributed by atoms with E-state index in [-0.39, 0.29) is 6.04 Å². The Morgan fingerprint density at radius 1 is 1.20 bits per heavy atom. The fourth-order valence-electron chi connectivity index (χ4n) is 2.22. The lowest BCUT2D eigenvalue weighted by molar-refractivity contribution is 0.121. The second-order valence-electron chi connectivity index (χ2n) is 4.83. The summed E-state index contributed by atoms with van der Waals surface area (Å²) in [7, 11) is 0. The molecule has 1 aromatic carbocycles. The van der Waals surface area contributed by atoms with Crippen molar-refractivity contribution in [2.75, 3.05) is 31.2 Å². The molecular weight excluding hydrogens is 256 g/mol. The minimum absolute atomic E-state index is 0.278. The molecular formula is C14H18N4O2. The molecule has 1 atom stereocenters. The Morgan fingerprint density at radius 3 is 2.70 bits per heavy atom. The molecule has 2 heterocycles. The van der Waals surface area contributed by atoms with Crippen LogP contribution in [0.3, 0.4) is 0 Å². The van der Waals surface area contributed by atoms with E-state index in [2.05, 4.69) is 10.1 Å². The van der Waals surface area contributed by atoms with E-state index in [1.165, 1.54) is 0 Å². The Bertz CT molecular complexity index is 537. The third-order valence-electron chi connectivity index (χ3n) is 3.34. The van der Waals surface area contributed by atoms with Gasteiger partial charge in [-0.15, -0.1) is 0 Å². The molecule has 1 saturated heterocycles. The second-order valence-corrected chi connectivity index (χ2v) is 4.83. The van der Waals surface area contributed by atoms with Crippen molar-refractivity contribution in [3.63, 3.8) is 0 Å². The van der Waals surface area contributed by atoms with Crippen molar-refractivity contribution in [1.82, 2.24) is 10.1 Å². The first-order chi connectivity index (χ1) is 9.83. The van der Waals surface area contributed by atoms with Crippen molar-refractivity contribution < 1.29 is 9.26 Å². The predicted octanol–water partition coefficient (Wildman–Crippen LogP) is 1.15. The molecule has 1 aliphatic heterocycles. The summed E-state index contributed by atoms with van der Waals surface area (Å²) < 4.78 is 10.6. The molecule has 1 aromatic heterocycles. The number of nitrogens with zero attached hydrogens (tertiary/aromatic N) is 3. The highest BCUT2D eigenvalue weighted by molar-refractivity contribution is 5.28. The van der Waals surface area contributed by atoms with Gasteiger partial charge in [-0.1, -0.05) is 30.3 Å². The van der Waals surface area contributed by atoms with Crippen LogP contribution in [0.5, 0.6) is 0 Å². The summed E-state index contributed by atoms with van der Waals surface area (Å²) in [5, 5.41) is 4.01. The number of hydrogen-bond donors (Lipinski definition) is 1. The fourth-order valence-corrected chi connectivity index (χ4v) is 2.22. The van der Waals surface area contributed by atoms with Gasteiger partial charge in [0.05, 0.1) is 19.3 Å². The molecule has 0 spiro atoms. The van der Waals surface area contributed by atoms with E-state index in [4.69, 9.17) is 15.0 Å². The standard InChI is InChI=1S/C14H18N4O2/c15-12(10-11-4-2-1-3-5-11)13-16-14(17-20-13)18-6-8-19-9-7-18/h1-5,12H,6-10,15H2/t12-/m0/s1. The van der Waals surface area contributed by atoms with Gasteiger partial charge >= 0.3 is 0 Å². The highest BCUT2D eigenvalue weighted by atomic mass is 16.5. The molecule has 0 amide bonds. The van der Waals surface area contributed by atoms with Crippen molar-refractivity contribution in [2.24, 2.45) is 5.73 Å². The maximum absolute atomic E-state index is 6.13. The Morgan fingerprint density at radius 2 is 1.95 bits per heavy atom. The van der Waals surface area contributed by atoms with Crippen molar-refractivity contribution in [3.05, 3.63) is 41.8 Å². The van der Waals surface area contributed by atoms with Gasteiger partial charge in [0, 0.05) is 13.1 Å². The Balaban J connectivity index is 1.66. The zero-order valence-corrected chi connectivity index (χ0v) is 11.2. The van der Waals surface area contributed by atoms with E-state index in [1.807, 2.05) is 35.2 Å². The molecule has 106 valence electrons. The number of nitrogens with two attached hydrogens (primary N) is 1. The smallest absolute Gasteiger partial charge is 0.266 e. The average Bonchev–Trinajstić information content (AvgIpc) is 2.99. The molecule has 0 bridgehead atoms. The highest BCUT2D eigenvalue weighted by Crippen LogP contribution is 2.18. The van der Waals surface area contributed by atoms with Gasteiger partial charge in [0.2, 0.25) is 5.89 Å². The number of ether oxygens (including phenoxy) is 1. The number of morpholine rings is 1. The summed E-state index contributed by atoms with van der Waals surface area (Å²) in [6.45, 7) is 2.96. The lowest BCUT2D eigenvalue weighted by atomic mass is 10.1. The molecule has 0 saturated carbocycles. The van der Waals surface area contributed by atoms with Gasteiger partial charge in [0.1, 0.15) is 0 Å². The van der Waals surface area contributed by atoms with E-state index < -0.39 is 0 Å². The normalized spacial score (nSPS) is 17.1. The largest absolute Gasteiger partial charge is 0.378 e. The molecule has 6 nitrogen and oxygen atoms in total. The van der Waals surface area contributed by atoms with Crippen molar-refractivity contribution >= 4 is 5.95 Å². The molecule has 0 unspecified atom stereocenters. The highest BCUT2D eigenvalue weighted by Gasteiger charge is 2.20. The summed E-state index contributed by atoms with van der Waals surface area (Å²) in [6.07, 6.45) is 0.686. The van der Waals surface area contributed by atoms with Gasteiger partial charge in [0.25, 0.3) is 5.95 Å². The van der Waals surface area contributed by atoms with Crippen molar-refractivity contribution in [1.29, 1.82) is 0 Å². The first-order valence-electron chi connectivity index (χ1n) is 6.79. The minimum Gasteiger partial charge on any atom is -0.378 e. The van der Waals surface area contributed by atoms with E-state index in [0.717, 1.165) is 18.7 Å². The van der Waals surface area contributed by atoms with Gasteiger partial charge in [-0.2, -0.15) is 4.98 Å². The van der Waals surface area contributed by atoms with Gasteiger partial charge < -0.3 is 19.9 Å². The molecule has 3 rings (SSSR count). The van der Waals surface area contributed by atoms with E-state index in [0.29, 0.717) is 31.5 Å². The third-order valence-corrected chi connectivity index (χ3v) is 3.34. The van der Waals surface area contributed by atoms with E-state index in [9.17, 15) is 0 Å². The molecule has 2 aromatic rings. The lowest BCUT2D eigenvalue weighted by Gasteiger charge is -2.24. The molecule has 0 aliphatic carbocycles. The molecule has 20 heavy (non-hydrogen) atoms. The summed E-state index contributed by atoms with van der Waals surface area (Å²) >= 11 is 0. The predicted molar refractivity (Wildman–Crippen MR) is 74.4 cm³/mol. The summed E-state index contributed by atoms with van der Waals surface area (Å²) in [6, 6.07) is 9.78. The van der Waals surface area contributed by atoms with Crippen LogP contribution < -0.4 is 10.6 Å². The molecule has 6 heteroatoms. The van der Waals surface area contributed by atoms with Crippen LogP contribution in [0.15, 0.2) is 34.9 Å². The van der Waals surface area contributed by atoms with Crippen LogP contribution in [0, 0.1) is 0 Å². The van der Waals surface area contributed by atoms with Crippen LogP contribution >= 0.6 is 0 Å². The Labute approximate surface area is 117 Å². The van der Waals surface area contributed by atoms with Crippen LogP contribution in [0.25, 0.3) is 0 Å². The number of hydrogen-bond acceptors (Lipinski definition) is 6. The number of aromatic nitrogens is 2. The average molecular weight is 274 g/mol. The van der Waals surface area contributed by atoms with Crippen LogP contribution in [-0.2, 0) is 11.2 Å². The van der Waals surface area contributed by atoms with Crippen LogP contribution in [0.4, 0.5) is 5.95 Å². The SMILES string of the molecule is N[C@@H](Cc1ccccc1)c1nc(N2CCOCC2)no1. The summed E-state index contributed by atoms with van der Waals surface area (Å²) in [5.74, 6) is 1.09. The first-order valence-corrected chi connectivity index (χ1v) is 6.79. The van der Waals surface area contributed by atoms with Gasteiger partial charge in [0.15, 0.2) is 0 Å². The van der Waals surface area contributed by atoms with Crippen molar-refractivity contribution in [3.8, 4) is 0 Å².